The van der Waals surface area contributed by atoms with Crippen molar-refractivity contribution in [2.75, 3.05) is 39.3 Å². The second-order valence-electron chi connectivity index (χ2n) is 11.8. The van der Waals surface area contributed by atoms with Gasteiger partial charge < -0.3 is 18.8 Å². The average molecular weight is 590 g/mol. The molecule has 228 valence electrons. The predicted molar refractivity (Wildman–Crippen MR) is 161 cm³/mol. The molecular weight excluding hydrogens is 550 g/mol. The Kier molecular flexibility index (Phi) is 8.78. The van der Waals surface area contributed by atoms with E-state index in [0.29, 0.717) is 46.3 Å². The third-order valence-corrected chi connectivity index (χ3v) is 8.47. The normalized spacial score (nSPS) is 19.0. The lowest BCUT2D eigenvalue weighted by Crippen LogP contribution is -2.49. The summed E-state index contributed by atoms with van der Waals surface area (Å²) in [6, 6.07) is 14.4. The van der Waals surface area contributed by atoms with Gasteiger partial charge in [-0.15, -0.1) is 0 Å². The summed E-state index contributed by atoms with van der Waals surface area (Å²) in [5.74, 6) is 1.45. The molecule has 0 radical (unpaired) electrons. The first kappa shape index (κ1) is 29.0. The average Bonchev–Trinajstić information content (AvgIpc) is 4.00. The van der Waals surface area contributed by atoms with E-state index in [-0.39, 0.29) is 17.0 Å². The van der Waals surface area contributed by atoms with Gasteiger partial charge in [0.2, 0.25) is 11.8 Å². The number of para-hydroxylation sites is 2. The molecule has 2 aromatic carbocycles. The minimum atomic E-state index is -0.171. The molecule has 0 unspecified atom stereocenters. The highest BCUT2D eigenvalue weighted by atomic mass is 16.5. The molecule has 43 heavy (non-hydrogen) atoms. The number of piperidine rings is 1. The van der Waals surface area contributed by atoms with Crippen molar-refractivity contribution in [3.63, 3.8) is 0 Å². The third kappa shape index (κ3) is 7.10. The lowest BCUT2D eigenvalue weighted by molar-refractivity contribution is -0.135. The van der Waals surface area contributed by atoms with Crippen LogP contribution < -0.4 is 11.1 Å². The first-order valence-electron chi connectivity index (χ1n) is 15.4. The van der Waals surface area contributed by atoms with Crippen LogP contribution in [0.2, 0.25) is 0 Å². The highest BCUT2D eigenvalue weighted by Gasteiger charge is 2.35. The number of H-pyrrole nitrogens is 1. The Morgan fingerprint density at radius 2 is 1.26 bits per heavy atom. The fourth-order valence-corrected chi connectivity index (χ4v) is 5.59. The molecule has 2 saturated heterocycles. The van der Waals surface area contributed by atoms with Crippen LogP contribution in [-0.2, 0) is 16.3 Å². The van der Waals surface area contributed by atoms with Crippen LogP contribution in [0.4, 0.5) is 0 Å². The van der Waals surface area contributed by atoms with Gasteiger partial charge in [0.1, 0.15) is 6.67 Å². The Hall–Kier alpha value is -4.12. The summed E-state index contributed by atoms with van der Waals surface area (Å²) in [5, 5.41) is 3.46. The van der Waals surface area contributed by atoms with Crippen molar-refractivity contribution < 1.29 is 18.6 Å². The zero-order chi connectivity index (χ0) is 29.8. The molecule has 4 aliphatic rings. The number of carbonyl (C=O) groups is 2. The summed E-state index contributed by atoms with van der Waals surface area (Å²) >= 11 is 0. The van der Waals surface area contributed by atoms with Crippen LogP contribution in [0.1, 0.15) is 44.9 Å². The minimum Gasteiger partial charge on any atom is -0.378 e. The molecule has 2 saturated carbocycles. The van der Waals surface area contributed by atoms with Crippen molar-refractivity contribution in [3.8, 4) is 0 Å². The van der Waals surface area contributed by atoms with E-state index < -0.39 is 0 Å². The van der Waals surface area contributed by atoms with Gasteiger partial charge in [-0.2, -0.15) is 9.90 Å². The molecule has 0 spiro atoms. The Morgan fingerprint density at radius 1 is 0.698 bits per heavy atom. The summed E-state index contributed by atoms with van der Waals surface area (Å²) in [6.07, 6.45) is 8.15. The molecule has 1 N–H and O–H groups in total. The van der Waals surface area contributed by atoms with Gasteiger partial charge in [0, 0.05) is 51.1 Å². The van der Waals surface area contributed by atoms with Crippen molar-refractivity contribution in [1.82, 2.24) is 24.6 Å². The van der Waals surface area contributed by atoms with Crippen LogP contribution in [-0.4, -0.2) is 75.7 Å². The third-order valence-electron chi connectivity index (χ3n) is 8.47. The molecule has 0 atom stereocenters. The lowest BCUT2D eigenvalue weighted by Gasteiger charge is -2.34. The van der Waals surface area contributed by atoms with E-state index >= 15 is 0 Å². The maximum Gasteiger partial charge on any atom is 0.291 e. The number of piperazine rings is 1. The minimum absolute atomic E-state index is 0.0907. The predicted octanol–water partition coefficient (Wildman–Crippen LogP) is 3.64. The van der Waals surface area contributed by atoms with Gasteiger partial charge in [0.05, 0.1) is 10.8 Å². The molecule has 2 aromatic heterocycles. The first-order chi connectivity index (χ1) is 21.0. The topological polar surface area (TPSA) is 125 Å². The number of aromatic amines is 1. The summed E-state index contributed by atoms with van der Waals surface area (Å²) in [6.45, 7) is 5.53. The van der Waals surface area contributed by atoms with E-state index in [9.17, 15) is 19.2 Å². The standard InChI is InChI=1S/C16H19N3O3.C9H15NO.C7H5NO2/c20-15(12-5-6-12)18-9-7-17(8-10-18)11-19-16(21)13-3-1-2-4-14(13)22-19;11-9(8-4-5-8)10-6-2-1-3-7-10;9-7-5-3-1-2-4-6(5)10-8-7/h1-4,12H,5-11H2;8H,1-7H2;1-4H,(H,8,9). The van der Waals surface area contributed by atoms with Gasteiger partial charge in [-0.25, -0.2) is 0 Å². The number of benzene rings is 2. The van der Waals surface area contributed by atoms with Crippen LogP contribution in [0.25, 0.3) is 21.9 Å². The summed E-state index contributed by atoms with van der Waals surface area (Å²) < 4.78 is 11.8. The number of hydrogen-bond acceptors (Lipinski definition) is 7. The first-order valence-corrected chi connectivity index (χ1v) is 15.4. The Labute approximate surface area is 248 Å². The van der Waals surface area contributed by atoms with E-state index in [2.05, 4.69) is 15.0 Å². The van der Waals surface area contributed by atoms with Gasteiger partial charge in [-0.3, -0.25) is 24.1 Å². The molecule has 0 bridgehead atoms. The van der Waals surface area contributed by atoms with Gasteiger partial charge >= 0.3 is 0 Å². The van der Waals surface area contributed by atoms with Crippen molar-refractivity contribution >= 4 is 33.8 Å². The smallest absolute Gasteiger partial charge is 0.291 e. The fourth-order valence-electron chi connectivity index (χ4n) is 5.59. The molecule has 4 heterocycles. The Balaban J connectivity index is 0.000000130. The van der Waals surface area contributed by atoms with E-state index in [0.717, 1.165) is 65.0 Å². The molecule has 4 aromatic rings. The van der Waals surface area contributed by atoms with E-state index in [1.807, 2.05) is 23.1 Å². The van der Waals surface area contributed by atoms with Crippen LogP contribution >= 0.6 is 0 Å². The zero-order valence-electron chi connectivity index (χ0n) is 24.4. The van der Waals surface area contributed by atoms with Gasteiger partial charge in [-0.1, -0.05) is 24.3 Å². The highest BCUT2D eigenvalue weighted by molar-refractivity contribution is 5.81. The number of amides is 2. The number of fused-ring (bicyclic) bond motifs is 2. The maximum atomic E-state index is 12.3. The number of hydrogen-bond donors (Lipinski definition) is 1. The molecule has 11 heteroatoms. The fraction of sp³-hybridized carbons (Fsp3) is 0.500. The summed E-state index contributed by atoms with van der Waals surface area (Å²) in [5.41, 5.74) is 0.963. The number of likely N-dealkylation sites (tertiary alicyclic amines) is 1. The van der Waals surface area contributed by atoms with Crippen LogP contribution in [0.15, 0.2) is 67.2 Å². The van der Waals surface area contributed by atoms with Crippen molar-refractivity contribution in [3.05, 3.63) is 69.2 Å². The van der Waals surface area contributed by atoms with Crippen molar-refractivity contribution in [2.45, 2.75) is 51.6 Å². The molecule has 4 fully saturated rings. The SMILES string of the molecule is O=C(C1CC1)N1CCCCC1.O=C(C1CC1)N1CCN(Cn2oc3ccccc3c2=O)CC1.O=c1[nH]oc2ccccc12. The Morgan fingerprint density at radius 3 is 1.84 bits per heavy atom. The molecule has 2 aliphatic carbocycles. The quantitative estimate of drug-likeness (QED) is 0.385. The second kappa shape index (κ2) is 13.0. The Bertz CT molecular complexity index is 1660. The molecule has 2 aliphatic heterocycles. The van der Waals surface area contributed by atoms with Gasteiger partial charge in [0.25, 0.3) is 11.1 Å². The summed E-state index contributed by atoms with van der Waals surface area (Å²) in [7, 11) is 0. The molecule has 2 amide bonds. The largest absolute Gasteiger partial charge is 0.378 e. The zero-order valence-corrected chi connectivity index (χ0v) is 24.4. The highest BCUT2D eigenvalue weighted by Crippen LogP contribution is 2.32. The summed E-state index contributed by atoms with van der Waals surface area (Å²) in [4.78, 5) is 52.8. The van der Waals surface area contributed by atoms with Crippen LogP contribution in [0, 0.1) is 11.8 Å². The van der Waals surface area contributed by atoms with Gasteiger partial charge in [-0.05, 0) is 69.2 Å². The van der Waals surface area contributed by atoms with Crippen LogP contribution in [0.5, 0.6) is 0 Å². The van der Waals surface area contributed by atoms with E-state index in [4.69, 9.17) is 9.05 Å². The molecule has 11 nitrogen and oxygen atoms in total. The molecular formula is C32H39N5O6. The number of nitrogens with zero attached hydrogens (tertiary/aromatic N) is 4. The van der Waals surface area contributed by atoms with Crippen molar-refractivity contribution in [2.24, 2.45) is 11.8 Å². The monoisotopic (exact) mass is 589 g/mol. The van der Waals surface area contributed by atoms with Gasteiger partial charge in [0.15, 0.2) is 11.2 Å². The number of aromatic nitrogens is 2. The maximum absolute atomic E-state index is 12.3. The second-order valence-corrected chi connectivity index (χ2v) is 11.8. The number of carbonyl (C=O) groups excluding carboxylic acids is 2. The van der Waals surface area contributed by atoms with Crippen molar-refractivity contribution in [1.29, 1.82) is 0 Å². The number of nitrogens with one attached hydrogen (secondary N) is 1. The molecule has 8 rings (SSSR count). The van der Waals surface area contributed by atoms with Crippen LogP contribution in [0.3, 0.4) is 0 Å². The number of rotatable bonds is 4. The lowest BCUT2D eigenvalue weighted by atomic mass is 10.1. The van der Waals surface area contributed by atoms with E-state index in [1.54, 1.807) is 30.3 Å². The van der Waals surface area contributed by atoms with E-state index in [1.165, 1.54) is 24.0 Å².